The molecule has 64 valence electrons. The maximum absolute atomic E-state index is 11.1. The monoisotopic (exact) mass is 166 g/mol. The first-order valence-corrected chi connectivity index (χ1v) is 3.56. The molecule has 0 aliphatic carbocycles. The molecule has 0 aromatic carbocycles. The molecule has 0 aromatic heterocycles. The van der Waals surface area contributed by atoms with Crippen molar-refractivity contribution in [2.45, 2.75) is 20.3 Å². The number of hydrogen-bond acceptors (Lipinski definition) is 4. The van der Waals surface area contributed by atoms with Crippen molar-refractivity contribution in [2.24, 2.45) is 5.41 Å². The van der Waals surface area contributed by atoms with Crippen LogP contribution in [-0.2, 0) is 9.53 Å². The Morgan fingerprint density at radius 3 is 2.50 bits per heavy atom. The van der Waals surface area contributed by atoms with Crippen LogP contribution in [0.4, 0.5) is 0 Å². The lowest BCUT2D eigenvalue weighted by Gasteiger charge is -2.14. The molecular formula is C8H10N2O2. The molecule has 0 heterocycles. The van der Waals surface area contributed by atoms with E-state index in [1.54, 1.807) is 19.1 Å². The highest BCUT2D eigenvalue weighted by atomic mass is 16.5. The normalized spacial score (nSPS) is 13.7. The first-order valence-electron chi connectivity index (χ1n) is 3.56. The van der Waals surface area contributed by atoms with Crippen LogP contribution in [-0.4, -0.2) is 12.6 Å². The van der Waals surface area contributed by atoms with Crippen molar-refractivity contribution in [3.05, 3.63) is 0 Å². The van der Waals surface area contributed by atoms with Gasteiger partial charge in [-0.1, -0.05) is 0 Å². The summed E-state index contributed by atoms with van der Waals surface area (Å²) in [6.45, 7) is 3.28. The number of hydrogen-bond donors (Lipinski definition) is 0. The minimum absolute atomic E-state index is 0.137. The topological polar surface area (TPSA) is 73.9 Å². The number of rotatable bonds is 3. The van der Waals surface area contributed by atoms with Gasteiger partial charge in [0.25, 0.3) is 0 Å². The second-order valence-corrected chi connectivity index (χ2v) is 2.50. The molecule has 0 rings (SSSR count). The summed E-state index contributed by atoms with van der Waals surface area (Å²) in [6.07, 6.45) is -0.137. The highest BCUT2D eigenvalue weighted by Crippen LogP contribution is 2.21. The molecule has 0 saturated heterocycles. The fourth-order valence-electron chi connectivity index (χ4n) is 0.606. The van der Waals surface area contributed by atoms with E-state index in [1.807, 2.05) is 0 Å². The SMILES string of the molecule is CCOC(=O)C(C)(C#N)CC#N. The van der Waals surface area contributed by atoms with E-state index < -0.39 is 11.4 Å². The zero-order valence-electron chi connectivity index (χ0n) is 7.13. The number of nitriles is 2. The van der Waals surface area contributed by atoms with Gasteiger partial charge in [0, 0.05) is 0 Å². The molecule has 1 unspecified atom stereocenters. The lowest BCUT2D eigenvalue weighted by atomic mass is 9.89. The molecule has 0 aliphatic heterocycles. The summed E-state index contributed by atoms with van der Waals surface area (Å²) >= 11 is 0. The Hall–Kier alpha value is -1.55. The van der Waals surface area contributed by atoms with Gasteiger partial charge in [-0.15, -0.1) is 0 Å². The van der Waals surface area contributed by atoms with E-state index >= 15 is 0 Å². The number of esters is 1. The largest absolute Gasteiger partial charge is 0.465 e. The Morgan fingerprint density at radius 1 is 1.58 bits per heavy atom. The lowest BCUT2D eigenvalue weighted by Crippen LogP contribution is -2.27. The summed E-state index contributed by atoms with van der Waals surface area (Å²) in [5, 5.41) is 17.0. The van der Waals surface area contributed by atoms with Crippen molar-refractivity contribution in [3.63, 3.8) is 0 Å². The summed E-state index contributed by atoms with van der Waals surface area (Å²) in [5.74, 6) is -0.631. The fraction of sp³-hybridized carbons (Fsp3) is 0.625. The zero-order valence-corrected chi connectivity index (χ0v) is 7.13. The third-order valence-electron chi connectivity index (χ3n) is 1.41. The third-order valence-corrected chi connectivity index (χ3v) is 1.41. The maximum Gasteiger partial charge on any atom is 0.327 e. The second-order valence-electron chi connectivity index (χ2n) is 2.50. The number of carbonyl (C=O) groups is 1. The third kappa shape index (κ3) is 2.25. The Morgan fingerprint density at radius 2 is 2.17 bits per heavy atom. The van der Waals surface area contributed by atoms with Crippen LogP contribution in [0.1, 0.15) is 20.3 Å². The van der Waals surface area contributed by atoms with E-state index in [0.717, 1.165) is 0 Å². The van der Waals surface area contributed by atoms with Crippen LogP contribution < -0.4 is 0 Å². The van der Waals surface area contributed by atoms with Gasteiger partial charge in [0.15, 0.2) is 5.41 Å². The summed E-state index contributed by atoms with van der Waals surface area (Å²) in [4.78, 5) is 11.1. The van der Waals surface area contributed by atoms with E-state index in [9.17, 15) is 4.79 Å². The molecule has 1 atom stereocenters. The average molecular weight is 166 g/mol. The van der Waals surface area contributed by atoms with Gasteiger partial charge < -0.3 is 4.74 Å². The summed E-state index contributed by atoms with van der Waals surface area (Å²) in [6, 6.07) is 3.54. The van der Waals surface area contributed by atoms with Crippen molar-refractivity contribution in [2.75, 3.05) is 6.61 Å². The van der Waals surface area contributed by atoms with Crippen molar-refractivity contribution < 1.29 is 9.53 Å². The predicted molar refractivity (Wildman–Crippen MR) is 40.6 cm³/mol. The van der Waals surface area contributed by atoms with Gasteiger partial charge in [-0.05, 0) is 13.8 Å². The molecule has 0 radical (unpaired) electrons. The van der Waals surface area contributed by atoms with Gasteiger partial charge in [0.05, 0.1) is 25.2 Å². The van der Waals surface area contributed by atoms with Crippen LogP contribution in [0.25, 0.3) is 0 Å². The fourth-order valence-corrected chi connectivity index (χ4v) is 0.606. The quantitative estimate of drug-likeness (QED) is 0.586. The second kappa shape index (κ2) is 4.35. The van der Waals surface area contributed by atoms with Crippen LogP contribution in [0.15, 0.2) is 0 Å². The first-order chi connectivity index (χ1) is 5.60. The Bertz CT molecular complexity index is 249. The molecule has 0 fully saturated rings. The molecule has 0 saturated carbocycles. The molecule has 0 aliphatic rings. The van der Waals surface area contributed by atoms with Crippen LogP contribution in [0.2, 0.25) is 0 Å². The van der Waals surface area contributed by atoms with Crippen LogP contribution in [0, 0.1) is 28.1 Å². The van der Waals surface area contributed by atoms with E-state index in [1.165, 1.54) is 6.92 Å². The molecule has 0 N–H and O–H groups in total. The predicted octanol–water partition coefficient (Wildman–Crippen LogP) is 0.993. The number of nitrogens with zero attached hydrogens (tertiary/aromatic N) is 2. The molecule has 12 heavy (non-hydrogen) atoms. The molecule has 4 nitrogen and oxygen atoms in total. The Balaban J connectivity index is 4.45. The van der Waals surface area contributed by atoms with E-state index in [2.05, 4.69) is 4.74 Å². The maximum atomic E-state index is 11.1. The molecule has 0 bridgehead atoms. The minimum Gasteiger partial charge on any atom is -0.465 e. The number of ether oxygens (including phenoxy) is 1. The molecule has 0 aromatic rings. The van der Waals surface area contributed by atoms with Crippen molar-refractivity contribution in [3.8, 4) is 12.1 Å². The highest BCUT2D eigenvalue weighted by molar-refractivity contribution is 5.79. The first kappa shape index (κ1) is 10.4. The van der Waals surface area contributed by atoms with Gasteiger partial charge in [0.1, 0.15) is 0 Å². The van der Waals surface area contributed by atoms with Crippen molar-refractivity contribution >= 4 is 5.97 Å². The molecule has 0 spiro atoms. The van der Waals surface area contributed by atoms with Crippen LogP contribution in [0.3, 0.4) is 0 Å². The van der Waals surface area contributed by atoms with Gasteiger partial charge in [-0.3, -0.25) is 4.79 Å². The van der Waals surface area contributed by atoms with E-state index in [0.29, 0.717) is 0 Å². The van der Waals surface area contributed by atoms with Crippen molar-refractivity contribution in [1.29, 1.82) is 10.5 Å². The van der Waals surface area contributed by atoms with E-state index in [4.69, 9.17) is 10.5 Å². The van der Waals surface area contributed by atoms with Gasteiger partial charge in [-0.25, -0.2) is 0 Å². The minimum atomic E-state index is -1.31. The van der Waals surface area contributed by atoms with Crippen LogP contribution >= 0.6 is 0 Å². The molecule has 0 amide bonds. The Kier molecular flexibility index (Phi) is 3.79. The summed E-state index contributed by atoms with van der Waals surface area (Å²) < 4.78 is 4.64. The standard InChI is InChI=1S/C8H10N2O2/c1-3-12-7(11)8(2,6-10)4-5-9/h3-4H2,1-2H3. The smallest absolute Gasteiger partial charge is 0.327 e. The molecule has 4 heteroatoms. The number of carbonyl (C=O) groups excluding carboxylic acids is 1. The van der Waals surface area contributed by atoms with Gasteiger partial charge in [0.2, 0.25) is 0 Å². The zero-order chi connectivity index (χ0) is 9.61. The highest BCUT2D eigenvalue weighted by Gasteiger charge is 2.34. The summed E-state index contributed by atoms with van der Waals surface area (Å²) in [7, 11) is 0. The van der Waals surface area contributed by atoms with Crippen molar-refractivity contribution in [1.82, 2.24) is 0 Å². The summed E-state index contributed by atoms with van der Waals surface area (Å²) in [5.41, 5.74) is -1.31. The lowest BCUT2D eigenvalue weighted by molar-refractivity contribution is -0.150. The van der Waals surface area contributed by atoms with Crippen LogP contribution in [0.5, 0.6) is 0 Å². The Labute approximate surface area is 71.4 Å². The van der Waals surface area contributed by atoms with Gasteiger partial charge >= 0.3 is 5.97 Å². The van der Waals surface area contributed by atoms with E-state index in [-0.39, 0.29) is 13.0 Å². The molecular weight excluding hydrogens is 156 g/mol. The van der Waals surface area contributed by atoms with Gasteiger partial charge in [-0.2, -0.15) is 10.5 Å². The average Bonchev–Trinajstić information content (AvgIpc) is 2.05.